The predicted octanol–water partition coefficient (Wildman–Crippen LogP) is 2.95. The molecule has 4 heteroatoms. The first-order chi connectivity index (χ1) is 8.16. The summed E-state index contributed by atoms with van der Waals surface area (Å²) < 4.78 is 1.06. The number of nitrogens with zero attached hydrogens (tertiary/aromatic N) is 1. The van der Waals surface area contributed by atoms with Gasteiger partial charge in [-0.3, -0.25) is 0 Å². The molecule has 2 unspecified atom stereocenters. The molecule has 1 saturated heterocycles. The van der Waals surface area contributed by atoms with Crippen LogP contribution in [0.2, 0.25) is 0 Å². The number of hydrogen-bond donors (Lipinski definition) is 2. The van der Waals surface area contributed by atoms with Gasteiger partial charge in [0.25, 0.3) is 0 Å². The van der Waals surface area contributed by atoms with Crippen molar-refractivity contribution in [3.8, 4) is 0 Å². The Balaban J connectivity index is 1.96. The lowest BCUT2D eigenvalue weighted by Crippen LogP contribution is -2.38. The molecular weight excluding hydrogens is 278 g/mol. The average molecular weight is 298 g/mol. The van der Waals surface area contributed by atoms with Gasteiger partial charge in [-0.05, 0) is 73.8 Å². The van der Waals surface area contributed by atoms with Crippen LogP contribution in [0.4, 0.5) is 5.82 Å². The number of aryl methyl sites for hydroxylation is 1. The maximum atomic E-state index is 4.53. The van der Waals surface area contributed by atoms with Crippen LogP contribution in [0.3, 0.4) is 0 Å². The topological polar surface area (TPSA) is 37.0 Å². The molecule has 2 heterocycles. The fraction of sp³-hybridized carbons (Fsp3) is 0.615. The van der Waals surface area contributed by atoms with Crippen molar-refractivity contribution in [2.24, 2.45) is 5.92 Å². The van der Waals surface area contributed by atoms with E-state index in [0.717, 1.165) is 22.5 Å². The zero-order valence-electron chi connectivity index (χ0n) is 10.5. The third-order valence-electron chi connectivity index (χ3n) is 3.44. The summed E-state index contributed by atoms with van der Waals surface area (Å²) in [5.41, 5.74) is 1.03. The highest BCUT2D eigenvalue weighted by Gasteiger charge is 2.19. The van der Waals surface area contributed by atoms with Gasteiger partial charge in [0, 0.05) is 10.5 Å². The number of piperidine rings is 1. The minimum atomic E-state index is 0.468. The smallest absolute Gasteiger partial charge is 0.126 e. The Kier molecular flexibility index (Phi) is 4.40. The zero-order valence-corrected chi connectivity index (χ0v) is 12.0. The second-order valence-electron chi connectivity index (χ2n) is 4.80. The number of hydrogen-bond acceptors (Lipinski definition) is 3. The molecule has 0 saturated carbocycles. The Bertz CT molecular complexity index is 375. The molecule has 17 heavy (non-hydrogen) atoms. The van der Waals surface area contributed by atoms with Crippen LogP contribution in [0.1, 0.15) is 25.5 Å². The van der Waals surface area contributed by atoms with E-state index in [1.165, 1.54) is 19.4 Å². The summed E-state index contributed by atoms with van der Waals surface area (Å²) in [7, 11) is 0. The van der Waals surface area contributed by atoms with E-state index in [1.54, 1.807) is 0 Å². The molecule has 0 aliphatic carbocycles. The number of nitrogens with one attached hydrogen (secondary N) is 2. The van der Waals surface area contributed by atoms with Crippen LogP contribution in [-0.4, -0.2) is 24.1 Å². The Hall–Kier alpha value is -0.610. The molecule has 0 amide bonds. The maximum absolute atomic E-state index is 4.53. The summed E-state index contributed by atoms with van der Waals surface area (Å²) in [6.07, 6.45) is 2.58. The summed E-state index contributed by atoms with van der Waals surface area (Å²) in [6.45, 7) is 6.54. The van der Waals surface area contributed by atoms with E-state index in [2.05, 4.69) is 44.5 Å². The van der Waals surface area contributed by atoms with Crippen molar-refractivity contribution in [2.75, 3.05) is 18.4 Å². The van der Waals surface area contributed by atoms with E-state index in [1.807, 2.05) is 13.0 Å². The van der Waals surface area contributed by atoms with E-state index in [0.29, 0.717) is 12.0 Å². The van der Waals surface area contributed by atoms with E-state index in [4.69, 9.17) is 0 Å². The molecule has 0 aromatic carbocycles. The Labute approximate surface area is 112 Å². The molecule has 0 bridgehead atoms. The van der Waals surface area contributed by atoms with Crippen molar-refractivity contribution in [3.63, 3.8) is 0 Å². The van der Waals surface area contributed by atoms with Gasteiger partial charge in [-0.2, -0.15) is 0 Å². The van der Waals surface area contributed by atoms with Crippen LogP contribution in [0, 0.1) is 12.8 Å². The number of aromatic nitrogens is 1. The van der Waals surface area contributed by atoms with Crippen LogP contribution in [0.15, 0.2) is 16.6 Å². The van der Waals surface area contributed by atoms with Crippen molar-refractivity contribution in [3.05, 3.63) is 22.3 Å². The first-order valence-corrected chi connectivity index (χ1v) is 7.06. The maximum Gasteiger partial charge on any atom is 0.126 e. The molecule has 1 aromatic rings. The second kappa shape index (κ2) is 5.83. The highest BCUT2D eigenvalue weighted by atomic mass is 79.9. The molecule has 2 rings (SSSR count). The van der Waals surface area contributed by atoms with Gasteiger partial charge in [0.15, 0.2) is 0 Å². The fourth-order valence-electron chi connectivity index (χ4n) is 2.28. The summed E-state index contributed by atoms with van der Waals surface area (Å²) in [4.78, 5) is 4.53. The summed E-state index contributed by atoms with van der Waals surface area (Å²) >= 11 is 3.47. The van der Waals surface area contributed by atoms with Crippen molar-refractivity contribution in [1.82, 2.24) is 10.3 Å². The lowest BCUT2D eigenvalue weighted by atomic mass is 9.93. The highest BCUT2D eigenvalue weighted by Crippen LogP contribution is 2.20. The third kappa shape index (κ3) is 3.42. The largest absolute Gasteiger partial charge is 0.367 e. The van der Waals surface area contributed by atoms with E-state index >= 15 is 0 Å². The molecule has 1 fully saturated rings. The van der Waals surface area contributed by atoms with Crippen molar-refractivity contribution in [2.45, 2.75) is 32.7 Å². The summed E-state index contributed by atoms with van der Waals surface area (Å²) in [6, 6.07) is 4.55. The molecule has 0 radical (unpaired) electrons. The van der Waals surface area contributed by atoms with Crippen molar-refractivity contribution < 1.29 is 0 Å². The van der Waals surface area contributed by atoms with Crippen LogP contribution in [0.5, 0.6) is 0 Å². The van der Waals surface area contributed by atoms with Gasteiger partial charge in [-0.15, -0.1) is 0 Å². The molecule has 1 aromatic heterocycles. The summed E-state index contributed by atoms with van der Waals surface area (Å²) in [5, 5.41) is 6.96. The van der Waals surface area contributed by atoms with Crippen LogP contribution < -0.4 is 10.6 Å². The predicted molar refractivity (Wildman–Crippen MR) is 75.4 cm³/mol. The zero-order chi connectivity index (χ0) is 12.3. The molecule has 94 valence electrons. The molecular formula is C13H20BrN3. The Morgan fingerprint density at radius 1 is 1.53 bits per heavy atom. The van der Waals surface area contributed by atoms with Crippen LogP contribution in [-0.2, 0) is 0 Å². The van der Waals surface area contributed by atoms with Gasteiger partial charge in [-0.25, -0.2) is 4.98 Å². The number of pyridine rings is 1. The lowest BCUT2D eigenvalue weighted by Gasteiger charge is -2.29. The molecule has 1 aliphatic rings. The first kappa shape index (κ1) is 12.8. The Morgan fingerprint density at radius 3 is 3.00 bits per heavy atom. The fourth-order valence-corrected chi connectivity index (χ4v) is 2.50. The number of anilines is 1. The quantitative estimate of drug-likeness (QED) is 0.901. The van der Waals surface area contributed by atoms with E-state index in [-0.39, 0.29) is 0 Å². The number of rotatable bonds is 3. The number of halogens is 1. The highest BCUT2D eigenvalue weighted by molar-refractivity contribution is 9.10. The molecule has 3 nitrogen and oxygen atoms in total. The Morgan fingerprint density at radius 2 is 2.35 bits per heavy atom. The van der Waals surface area contributed by atoms with E-state index < -0.39 is 0 Å². The third-order valence-corrected chi connectivity index (χ3v) is 4.28. The van der Waals surface area contributed by atoms with Gasteiger partial charge in [-0.1, -0.05) is 0 Å². The normalized spacial score (nSPS) is 22.2. The molecule has 0 spiro atoms. The lowest BCUT2D eigenvalue weighted by molar-refractivity contribution is 0.346. The van der Waals surface area contributed by atoms with Gasteiger partial charge in [0.2, 0.25) is 0 Å². The van der Waals surface area contributed by atoms with Crippen molar-refractivity contribution >= 4 is 21.7 Å². The first-order valence-electron chi connectivity index (χ1n) is 6.27. The van der Waals surface area contributed by atoms with Crippen LogP contribution >= 0.6 is 15.9 Å². The minimum absolute atomic E-state index is 0.468. The molecule has 2 atom stereocenters. The monoisotopic (exact) mass is 297 g/mol. The van der Waals surface area contributed by atoms with Gasteiger partial charge in [0.1, 0.15) is 5.82 Å². The molecule has 2 N–H and O–H groups in total. The van der Waals surface area contributed by atoms with Gasteiger partial charge >= 0.3 is 0 Å². The minimum Gasteiger partial charge on any atom is -0.367 e. The van der Waals surface area contributed by atoms with Crippen LogP contribution in [0.25, 0.3) is 0 Å². The standard InChI is InChI=1S/C13H20BrN3/c1-9(11-4-3-7-15-8-11)16-13-6-5-12(14)10(2)17-13/h5-6,9,11,15H,3-4,7-8H2,1-2H3,(H,16,17). The summed E-state index contributed by atoms with van der Waals surface area (Å²) in [5.74, 6) is 1.68. The SMILES string of the molecule is Cc1nc(NC(C)C2CCCNC2)ccc1Br. The second-order valence-corrected chi connectivity index (χ2v) is 5.66. The van der Waals surface area contributed by atoms with E-state index in [9.17, 15) is 0 Å². The van der Waals surface area contributed by atoms with Gasteiger partial charge in [0.05, 0.1) is 5.69 Å². The van der Waals surface area contributed by atoms with Crippen molar-refractivity contribution in [1.29, 1.82) is 0 Å². The van der Waals surface area contributed by atoms with Gasteiger partial charge < -0.3 is 10.6 Å². The average Bonchev–Trinajstić information content (AvgIpc) is 2.35. The molecule has 1 aliphatic heterocycles.